The molecule has 2 atom stereocenters. The Kier molecular flexibility index (Phi) is 5.37. The van der Waals surface area contributed by atoms with E-state index in [1.165, 1.54) is 4.90 Å². The van der Waals surface area contributed by atoms with Gasteiger partial charge < -0.3 is 10.0 Å². The lowest BCUT2D eigenvalue weighted by molar-refractivity contribution is -0.215. The first-order valence-corrected chi connectivity index (χ1v) is 8.13. The van der Waals surface area contributed by atoms with Crippen molar-refractivity contribution >= 4 is 23.5 Å². The zero-order chi connectivity index (χ0) is 19.0. The monoisotopic (exact) mass is 377 g/mol. The Hall–Kier alpha value is -1.76. The van der Waals surface area contributed by atoms with Crippen LogP contribution in [-0.4, -0.2) is 41.1 Å². The first kappa shape index (κ1) is 19.6. The molecule has 1 aliphatic heterocycles. The molecule has 1 aromatic rings. The van der Waals surface area contributed by atoms with Gasteiger partial charge in [-0.25, -0.2) is 0 Å². The molecule has 0 aromatic heterocycles. The number of aliphatic carboxylic acids is 1. The van der Waals surface area contributed by atoms with Crippen molar-refractivity contribution in [3.05, 3.63) is 34.9 Å². The summed E-state index contributed by atoms with van der Waals surface area (Å²) >= 11 is 5.82. The van der Waals surface area contributed by atoms with Crippen LogP contribution in [0, 0.1) is 11.3 Å². The minimum atomic E-state index is -4.51. The van der Waals surface area contributed by atoms with Crippen molar-refractivity contribution in [1.29, 1.82) is 0 Å². The number of hydrogen-bond acceptors (Lipinski definition) is 2. The van der Waals surface area contributed by atoms with Gasteiger partial charge in [-0.05, 0) is 17.7 Å². The Bertz CT molecular complexity index is 658. The number of rotatable bonds is 4. The lowest BCUT2D eigenvalue weighted by atomic mass is 9.88. The van der Waals surface area contributed by atoms with Crippen LogP contribution in [0.4, 0.5) is 13.2 Å². The van der Waals surface area contributed by atoms with Crippen molar-refractivity contribution in [3.8, 4) is 0 Å². The second-order valence-corrected chi connectivity index (χ2v) is 7.40. The topological polar surface area (TPSA) is 57.6 Å². The highest BCUT2D eigenvalue weighted by Gasteiger charge is 2.50. The van der Waals surface area contributed by atoms with Crippen molar-refractivity contribution < 1.29 is 27.9 Å². The summed E-state index contributed by atoms with van der Waals surface area (Å²) in [6.07, 6.45) is -5.22. The van der Waals surface area contributed by atoms with E-state index in [4.69, 9.17) is 11.6 Å². The normalized spacial score (nSPS) is 21.4. The van der Waals surface area contributed by atoms with Crippen molar-refractivity contribution in [3.63, 3.8) is 0 Å². The van der Waals surface area contributed by atoms with Crippen LogP contribution in [0.15, 0.2) is 24.3 Å². The summed E-state index contributed by atoms with van der Waals surface area (Å²) in [5.74, 6) is -3.11. The Morgan fingerprint density at radius 3 is 2.24 bits per heavy atom. The highest BCUT2D eigenvalue weighted by molar-refractivity contribution is 6.30. The van der Waals surface area contributed by atoms with Crippen LogP contribution < -0.4 is 0 Å². The third-order valence-electron chi connectivity index (χ3n) is 4.65. The van der Waals surface area contributed by atoms with Gasteiger partial charge in [-0.3, -0.25) is 9.59 Å². The van der Waals surface area contributed by atoms with Gasteiger partial charge in [-0.2, -0.15) is 13.2 Å². The van der Waals surface area contributed by atoms with E-state index in [1.807, 2.05) is 0 Å². The first-order chi connectivity index (χ1) is 11.4. The van der Waals surface area contributed by atoms with E-state index in [2.05, 4.69) is 0 Å². The molecule has 1 amide bonds. The summed E-state index contributed by atoms with van der Waals surface area (Å²) in [4.78, 5) is 25.1. The van der Waals surface area contributed by atoms with Gasteiger partial charge in [0.2, 0.25) is 5.91 Å². The van der Waals surface area contributed by atoms with Crippen molar-refractivity contribution in [2.75, 3.05) is 13.1 Å². The molecule has 138 valence electrons. The molecular weight excluding hydrogens is 359 g/mol. The standard InChI is InChI=1S/C17H19ClF3NO3/c1-16(2,17(19,20)21)7-14(23)22-8-12(13(9-22)15(24)25)10-3-5-11(18)6-4-10/h3-6,12-13H,7-9H2,1-2H3,(H,24,25)/t12-,13+/m0/s1. The van der Waals surface area contributed by atoms with Gasteiger partial charge in [0.25, 0.3) is 0 Å². The van der Waals surface area contributed by atoms with Crippen LogP contribution >= 0.6 is 11.6 Å². The lowest BCUT2D eigenvalue weighted by Gasteiger charge is -2.29. The van der Waals surface area contributed by atoms with E-state index in [-0.39, 0.29) is 13.1 Å². The molecule has 0 unspecified atom stereocenters. The number of alkyl halides is 3. The van der Waals surface area contributed by atoms with Crippen LogP contribution in [0.3, 0.4) is 0 Å². The van der Waals surface area contributed by atoms with Crippen LogP contribution in [0.25, 0.3) is 0 Å². The van der Waals surface area contributed by atoms with Crippen LogP contribution in [0.2, 0.25) is 5.02 Å². The molecule has 0 aliphatic carbocycles. The predicted octanol–water partition coefficient (Wildman–Crippen LogP) is 3.95. The number of carboxylic acid groups (broad SMARTS) is 1. The number of benzene rings is 1. The van der Waals surface area contributed by atoms with Crippen LogP contribution in [0.1, 0.15) is 31.7 Å². The zero-order valence-corrected chi connectivity index (χ0v) is 14.6. The number of halogens is 4. The predicted molar refractivity (Wildman–Crippen MR) is 86.4 cm³/mol. The maximum atomic E-state index is 13.0. The molecule has 0 spiro atoms. The number of carbonyl (C=O) groups excluding carboxylic acids is 1. The second kappa shape index (κ2) is 6.86. The first-order valence-electron chi connectivity index (χ1n) is 7.75. The maximum Gasteiger partial charge on any atom is 0.394 e. The summed E-state index contributed by atoms with van der Waals surface area (Å²) in [6, 6.07) is 6.59. The number of carbonyl (C=O) groups is 2. The molecular formula is C17H19ClF3NO3. The molecule has 1 aromatic carbocycles. The van der Waals surface area contributed by atoms with E-state index in [0.29, 0.717) is 10.6 Å². The Labute approximate surface area is 148 Å². The van der Waals surface area contributed by atoms with E-state index < -0.39 is 41.7 Å². The number of likely N-dealkylation sites (tertiary alicyclic amines) is 1. The van der Waals surface area contributed by atoms with E-state index in [1.54, 1.807) is 24.3 Å². The smallest absolute Gasteiger partial charge is 0.394 e. The SMILES string of the molecule is CC(C)(CC(=O)N1C[C@@H](C(=O)O)[C@H](c2ccc(Cl)cc2)C1)C(F)(F)F. The Morgan fingerprint density at radius 2 is 1.76 bits per heavy atom. The number of amides is 1. The van der Waals surface area contributed by atoms with Gasteiger partial charge in [0.1, 0.15) is 0 Å². The number of nitrogens with zero attached hydrogens (tertiary/aromatic N) is 1. The molecule has 1 fully saturated rings. The third kappa shape index (κ3) is 4.26. The van der Waals surface area contributed by atoms with Crippen molar-refractivity contribution in [1.82, 2.24) is 4.90 Å². The van der Waals surface area contributed by atoms with Crippen LogP contribution in [0.5, 0.6) is 0 Å². The highest BCUT2D eigenvalue weighted by atomic mass is 35.5. The van der Waals surface area contributed by atoms with Crippen molar-refractivity contribution in [2.24, 2.45) is 11.3 Å². The van der Waals surface area contributed by atoms with Gasteiger partial charge in [-0.15, -0.1) is 0 Å². The number of hydrogen-bond donors (Lipinski definition) is 1. The largest absolute Gasteiger partial charge is 0.481 e. The minimum absolute atomic E-state index is 0.0748. The third-order valence-corrected chi connectivity index (χ3v) is 4.90. The molecule has 0 saturated carbocycles. The molecule has 0 radical (unpaired) electrons. The summed E-state index contributed by atoms with van der Waals surface area (Å²) in [5.41, 5.74) is -1.47. The molecule has 1 saturated heterocycles. The quantitative estimate of drug-likeness (QED) is 0.864. The van der Waals surface area contributed by atoms with Crippen LogP contribution in [-0.2, 0) is 9.59 Å². The van der Waals surface area contributed by atoms with E-state index in [0.717, 1.165) is 13.8 Å². The maximum absolute atomic E-state index is 13.0. The summed E-state index contributed by atoms with van der Waals surface area (Å²) in [6.45, 7) is 1.90. The van der Waals surface area contributed by atoms with Gasteiger partial charge in [0, 0.05) is 30.5 Å². The van der Waals surface area contributed by atoms with E-state index >= 15 is 0 Å². The molecule has 2 rings (SSSR count). The molecule has 0 bridgehead atoms. The molecule has 1 aliphatic rings. The molecule has 1 N–H and O–H groups in total. The van der Waals surface area contributed by atoms with Gasteiger partial charge in [-0.1, -0.05) is 37.6 Å². The molecule has 1 heterocycles. The highest BCUT2D eigenvalue weighted by Crippen LogP contribution is 2.42. The fraction of sp³-hybridized carbons (Fsp3) is 0.529. The van der Waals surface area contributed by atoms with Crippen molar-refractivity contribution in [2.45, 2.75) is 32.4 Å². The summed E-state index contributed by atoms with van der Waals surface area (Å²) in [5, 5.41) is 9.91. The second-order valence-electron chi connectivity index (χ2n) is 6.96. The fourth-order valence-electron chi connectivity index (χ4n) is 2.90. The Morgan fingerprint density at radius 1 is 1.20 bits per heavy atom. The summed E-state index contributed by atoms with van der Waals surface area (Å²) < 4.78 is 39.0. The molecule has 8 heteroatoms. The Balaban J connectivity index is 2.18. The van der Waals surface area contributed by atoms with Gasteiger partial charge >= 0.3 is 12.1 Å². The average Bonchev–Trinajstić information content (AvgIpc) is 2.92. The van der Waals surface area contributed by atoms with Gasteiger partial charge in [0.15, 0.2) is 0 Å². The molecule has 25 heavy (non-hydrogen) atoms. The van der Waals surface area contributed by atoms with E-state index in [9.17, 15) is 27.9 Å². The zero-order valence-electron chi connectivity index (χ0n) is 13.8. The molecule has 4 nitrogen and oxygen atoms in total. The fourth-order valence-corrected chi connectivity index (χ4v) is 3.02. The summed E-state index contributed by atoms with van der Waals surface area (Å²) in [7, 11) is 0. The number of carboxylic acids is 1. The average molecular weight is 378 g/mol. The van der Waals surface area contributed by atoms with Gasteiger partial charge in [0.05, 0.1) is 11.3 Å². The minimum Gasteiger partial charge on any atom is -0.481 e. The lowest BCUT2D eigenvalue weighted by Crippen LogP contribution is -2.39.